The smallest absolute Gasteiger partial charge is 0.261 e. The maximum absolute atomic E-state index is 13.0. The van der Waals surface area contributed by atoms with Gasteiger partial charge in [-0.3, -0.25) is 19.4 Å². The van der Waals surface area contributed by atoms with Gasteiger partial charge in [-0.05, 0) is 43.7 Å². The van der Waals surface area contributed by atoms with Crippen LogP contribution in [-0.2, 0) is 12.8 Å². The summed E-state index contributed by atoms with van der Waals surface area (Å²) < 4.78 is 0. The third-order valence-corrected chi connectivity index (χ3v) is 5.63. The second-order valence-electron chi connectivity index (χ2n) is 7.85. The van der Waals surface area contributed by atoms with Crippen LogP contribution in [-0.4, -0.2) is 52.9 Å². The van der Waals surface area contributed by atoms with E-state index in [4.69, 9.17) is 0 Å². The van der Waals surface area contributed by atoms with Crippen molar-refractivity contribution in [2.45, 2.75) is 38.0 Å². The molecule has 8 heteroatoms. The van der Waals surface area contributed by atoms with Crippen molar-refractivity contribution in [3.8, 4) is 0 Å². The van der Waals surface area contributed by atoms with E-state index in [0.717, 1.165) is 43.4 Å². The number of hydrogen-bond acceptors (Lipinski definition) is 5. The summed E-state index contributed by atoms with van der Waals surface area (Å²) in [7, 11) is 3.63. The van der Waals surface area contributed by atoms with Crippen LogP contribution in [0.5, 0.6) is 0 Å². The summed E-state index contributed by atoms with van der Waals surface area (Å²) in [5.41, 5.74) is 2.44. The van der Waals surface area contributed by atoms with Gasteiger partial charge in [-0.2, -0.15) is 0 Å². The first-order valence-corrected chi connectivity index (χ1v) is 9.75. The van der Waals surface area contributed by atoms with Crippen LogP contribution in [0.2, 0.25) is 0 Å². The first kappa shape index (κ1) is 18.5. The van der Waals surface area contributed by atoms with E-state index < -0.39 is 0 Å². The van der Waals surface area contributed by atoms with E-state index in [2.05, 4.69) is 15.0 Å². The van der Waals surface area contributed by atoms with Gasteiger partial charge in [0.15, 0.2) is 0 Å². The minimum atomic E-state index is -0.307. The topological polar surface area (TPSA) is 102 Å². The minimum Gasteiger partial charge on any atom is -0.348 e. The van der Waals surface area contributed by atoms with E-state index >= 15 is 0 Å². The summed E-state index contributed by atoms with van der Waals surface area (Å²) in [5.74, 6) is 0.245. The normalized spacial score (nSPS) is 18.8. The molecule has 3 heterocycles. The van der Waals surface area contributed by atoms with Gasteiger partial charge in [0.2, 0.25) is 5.95 Å². The molecule has 0 aromatic carbocycles. The standard InChI is InChI=1S/C20H25N5O3/c1-24(2)20-22-16(10-17(26)23-20)13-7-8-25(11-13)19(28)14-9-12-5-3-4-6-15(12)21-18(14)27/h9-10,13H,3-8,11H2,1-2H3,(H,21,27)(H,22,23,26)/t13-/m0/s1. The molecule has 0 unspecified atom stereocenters. The average molecular weight is 383 g/mol. The lowest BCUT2D eigenvalue weighted by molar-refractivity contribution is 0.0788. The molecule has 0 radical (unpaired) electrons. The number of hydrogen-bond donors (Lipinski definition) is 2. The van der Waals surface area contributed by atoms with Crippen molar-refractivity contribution in [1.82, 2.24) is 19.9 Å². The molecule has 1 aliphatic heterocycles. The largest absolute Gasteiger partial charge is 0.348 e. The summed E-state index contributed by atoms with van der Waals surface area (Å²) in [5, 5.41) is 0. The number of nitrogens with one attached hydrogen (secondary N) is 2. The number of rotatable bonds is 3. The molecule has 1 aliphatic carbocycles. The first-order valence-electron chi connectivity index (χ1n) is 9.75. The number of likely N-dealkylation sites (tertiary alicyclic amines) is 1. The third kappa shape index (κ3) is 3.46. The Hall–Kier alpha value is -2.90. The highest BCUT2D eigenvalue weighted by atomic mass is 16.2. The van der Waals surface area contributed by atoms with Gasteiger partial charge < -0.3 is 14.8 Å². The van der Waals surface area contributed by atoms with Crippen LogP contribution in [0.4, 0.5) is 5.95 Å². The summed E-state index contributed by atoms with van der Waals surface area (Å²) in [6.07, 6.45) is 4.65. The van der Waals surface area contributed by atoms with Crippen molar-refractivity contribution in [1.29, 1.82) is 0 Å². The van der Waals surface area contributed by atoms with Crippen LogP contribution >= 0.6 is 0 Å². The zero-order valence-corrected chi connectivity index (χ0v) is 16.2. The van der Waals surface area contributed by atoms with Crippen molar-refractivity contribution in [3.05, 3.63) is 55.4 Å². The van der Waals surface area contributed by atoms with Gasteiger partial charge in [-0.1, -0.05) is 0 Å². The van der Waals surface area contributed by atoms with Crippen molar-refractivity contribution >= 4 is 11.9 Å². The molecule has 1 amide bonds. The molecule has 8 nitrogen and oxygen atoms in total. The van der Waals surface area contributed by atoms with Crippen molar-refractivity contribution in [2.24, 2.45) is 0 Å². The number of aromatic amines is 2. The number of fused-ring (bicyclic) bond motifs is 1. The van der Waals surface area contributed by atoms with Crippen molar-refractivity contribution in [3.63, 3.8) is 0 Å². The molecule has 0 saturated carbocycles. The Bertz CT molecular complexity index is 1020. The van der Waals surface area contributed by atoms with Crippen LogP contribution in [0.15, 0.2) is 21.7 Å². The summed E-state index contributed by atoms with van der Waals surface area (Å²) in [6, 6.07) is 3.27. The molecule has 1 saturated heterocycles. The molecule has 0 spiro atoms. The van der Waals surface area contributed by atoms with Crippen LogP contribution in [0.1, 0.15) is 52.5 Å². The van der Waals surface area contributed by atoms with E-state index in [1.54, 1.807) is 15.9 Å². The number of carbonyl (C=O) groups excluding carboxylic acids is 1. The van der Waals surface area contributed by atoms with E-state index in [1.807, 2.05) is 14.1 Å². The molecule has 0 bridgehead atoms. The predicted molar refractivity (Wildman–Crippen MR) is 106 cm³/mol. The fourth-order valence-electron chi connectivity index (χ4n) is 4.07. The Kier molecular flexibility index (Phi) is 4.78. The SMILES string of the molecule is CN(C)c1nc([C@H]2CCN(C(=O)c3cc4c([nH]c3=O)CCCC4)C2)cc(=O)[nH]1. The molecule has 2 aromatic rings. The molecule has 28 heavy (non-hydrogen) atoms. The Balaban J connectivity index is 1.56. The van der Waals surface area contributed by atoms with Crippen LogP contribution in [0.3, 0.4) is 0 Å². The lowest BCUT2D eigenvalue weighted by atomic mass is 9.95. The van der Waals surface area contributed by atoms with E-state index in [-0.39, 0.29) is 28.5 Å². The molecule has 2 aromatic heterocycles. The molecule has 2 aliphatic rings. The molecule has 148 valence electrons. The van der Waals surface area contributed by atoms with Crippen molar-refractivity contribution in [2.75, 3.05) is 32.1 Å². The quantitative estimate of drug-likeness (QED) is 0.824. The molecular weight excluding hydrogens is 358 g/mol. The average Bonchev–Trinajstić information content (AvgIpc) is 3.16. The fourth-order valence-corrected chi connectivity index (χ4v) is 4.07. The Labute approximate surface area is 162 Å². The number of H-pyrrole nitrogens is 2. The van der Waals surface area contributed by atoms with Crippen LogP contribution in [0.25, 0.3) is 0 Å². The lowest BCUT2D eigenvalue weighted by Crippen LogP contribution is -2.34. The summed E-state index contributed by atoms with van der Waals surface area (Å²) >= 11 is 0. The minimum absolute atomic E-state index is 0.0124. The lowest BCUT2D eigenvalue weighted by Gasteiger charge is -2.19. The molecule has 2 N–H and O–H groups in total. The van der Waals surface area contributed by atoms with Gasteiger partial charge in [0.25, 0.3) is 17.0 Å². The second-order valence-corrected chi connectivity index (χ2v) is 7.85. The Morgan fingerprint density at radius 1 is 1.18 bits per heavy atom. The molecular formula is C20H25N5O3. The number of aromatic nitrogens is 3. The summed E-state index contributed by atoms with van der Waals surface area (Å²) in [4.78, 5) is 50.9. The van der Waals surface area contributed by atoms with Gasteiger partial charge >= 0.3 is 0 Å². The van der Waals surface area contributed by atoms with Crippen LogP contribution in [0, 0.1) is 0 Å². The Morgan fingerprint density at radius 3 is 2.75 bits per heavy atom. The molecule has 1 atom stereocenters. The van der Waals surface area contributed by atoms with E-state index in [0.29, 0.717) is 24.7 Å². The van der Waals surface area contributed by atoms with Gasteiger partial charge in [-0.25, -0.2) is 4.98 Å². The van der Waals surface area contributed by atoms with Gasteiger partial charge in [-0.15, -0.1) is 0 Å². The first-order chi connectivity index (χ1) is 13.4. The number of carbonyl (C=O) groups is 1. The molecule has 1 fully saturated rings. The zero-order chi connectivity index (χ0) is 19.8. The number of amides is 1. The monoisotopic (exact) mass is 383 g/mol. The number of pyridine rings is 1. The highest BCUT2D eigenvalue weighted by molar-refractivity contribution is 5.94. The third-order valence-electron chi connectivity index (χ3n) is 5.63. The van der Waals surface area contributed by atoms with Gasteiger partial charge in [0.1, 0.15) is 5.56 Å². The number of nitrogens with zero attached hydrogens (tertiary/aromatic N) is 3. The van der Waals surface area contributed by atoms with Crippen molar-refractivity contribution < 1.29 is 4.79 Å². The predicted octanol–water partition coefficient (Wildman–Crippen LogP) is 1.03. The maximum atomic E-state index is 13.0. The van der Waals surface area contributed by atoms with Crippen LogP contribution < -0.4 is 16.0 Å². The fraction of sp³-hybridized carbons (Fsp3) is 0.500. The zero-order valence-electron chi connectivity index (χ0n) is 16.2. The highest BCUT2D eigenvalue weighted by Gasteiger charge is 2.31. The number of anilines is 1. The number of aryl methyl sites for hydroxylation is 2. The highest BCUT2D eigenvalue weighted by Crippen LogP contribution is 2.27. The maximum Gasteiger partial charge on any atom is 0.261 e. The van der Waals surface area contributed by atoms with Gasteiger partial charge in [0, 0.05) is 44.9 Å². The summed E-state index contributed by atoms with van der Waals surface area (Å²) in [6.45, 7) is 1.00. The Morgan fingerprint density at radius 2 is 1.96 bits per heavy atom. The van der Waals surface area contributed by atoms with E-state index in [1.165, 1.54) is 6.07 Å². The van der Waals surface area contributed by atoms with Gasteiger partial charge in [0.05, 0.1) is 5.69 Å². The molecule has 4 rings (SSSR count). The van der Waals surface area contributed by atoms with E-state index in [9.17, 15) is 14.4 Å². The second kappa shape index (κ2) is 7.26.